The van der Waals surface area contributed by atoms with Crippen LogP contribution in [-0.4, -0.2) is 62.5 Å². The maximum absolute atomic E-state index is 12.1. The van der Waals surface area contributed by atoms with Crippen molar-refractivity contribution >= 4 is 5.91 Å². The Morgan fingerprint density at radius 1 is 1.30 bits per heavy atom. The molecule has 5 nitrogen and oxygen atoms in total. The molecule has 0 aromatic carbocycles. The van der Waals surface area contributed by atoms with Crippen molar-refractivity contribution < 1.29 is 19.0 Å². The van der Waals surface area contributed by atoms with Gasteiger partial charge in [-0.15, -0.1) is 0 Å². The Labute approximate surface area is 120 Å². The molecule has 0 bridgehead atoms. The van der Waals surface area contributed by atoms with Crippen molar-refractivity contribution in [2.75, 3.05) is 40.0 Å². The van der Waals surface area contributed by atoms with E-state index in [4.69, 9.17) is 14.2 Å². The summed E-state index contributed by atoms with van der Waals surface area (Å²) in [6.45, 7) is 3.15. The first-order chi connectivity index (χ1) is 9.73. The van der Waals surface area contributed by atoms with Crippen LogP contribution in [0.3, 0.4) is 0 Å². The van der Waals surface area contributed by atoms with Crippen molar-refractivity contribution in [3.8, 4) is 0 Å². The zero-order valence-corrected chi connectivity index (χ0v) is 12.3. The second-order valence-corrected chi connectivity index (χ2v) is 6.32. The van der Waals surface area contributed by atoms with Crippen molar-refractivity contribution in [2.45, 2.75) is 43.8 Å². The molecule has 114 valence electrons. The van der Waals surface area contributed by atoms with Gasteiger partial charge >= 0.3 is 0 Å². The van der Waals surface area contributed by atoms with Gasteiger partial charge in [-0.05, 0) is 19.3 Å². The lowest BCUT2D eigenvalue weighted by Crippen LogP contribution is -2.67. The van der Waals surface area contributed by atoms with Crippen LogP contribution < -0.4 is 0 Å². The quantitative estimate of drug-likeness (QED) is 0.761. The number of hydrogen-bond acceptors (Lipinski definition) is 4. The van der Waals surface area contributed by atoms with Gasteiger partial charge < -0.3 is 19.1 Å². The lowest BCUT2D eigenvalue weighted by atomic mass is 9.81. The molecule has 2 saturated heterocycles. The highest BCUT2D eigenvalue weighted by Crippen LogP contribution is 2.40. The highest BCUT2D eigenvalue weighted by atomic mass is 16.5. The Morgan fingerprint density at radius 2 is 2.05 bits per heavy atom. The van der Waals surface area contributed by atoms with Gasteiger partial charge in [0.25, 0.3) is 0 Å². The average Bonchev–Trinajstić information content (AvgIpc) is 3.03. The number of likely N-dealkylation sites (tertiary alicyclic amines) is 1. The summed E-state index contributed by atoms with van der Waals surface area (Å²) in [4.78, 5) is 14.0. The Bertz CT molecular complexity index is 348. The van der Waals surface area contributed by atoms with Crippen LogP contribution in [-0.2, 0) is 19.0 Å². The molecule has 0 aromatic heterocycles. The van der Waals surface area contributed by atoms with Gasteiger partial charge in [0.05, 0.1) is 25.8 Å². The molecule has 2 aliphatic heterocycles. The number of hydrogen-bond donors (Lipinski definition) is 0. The molecule has 1 aliphatic carbocycles. The van der Waals surface area contributed by atoms with Crippen LogP contribution in [0.25, 0.3) is 0 Å². The molecule has 20 heavy (non-hydrogen) atoms. The maximum Gasteiger partial charge on any atom is 0.248 e. The van der Waals surface area contributed by atoms with Gasteiger partial charge in [-0.2, -0.15) is 0 Å². The summed E-state index contributed by atoms with van der Waals surface area (Å²) in [6.07, 6.45) is 6.02. The average molecular weight is 283 g/mol. The Kier molecular flexibility index (Phi) is 4.29. The van der Waals surface area contributed by atoms with Crippen LogP contribution in [0.5, 0.6) is 0 Å². The van der Waals surface area contributed by atoms with Crippen LogP contribution in [0.15, 0.2) is 0 Å². The van der Waals surface area contributed by atoms with E-state index < -0.39 is 0 Å². The first-order valence-corrected chi connectivity index (χ1v) is 7.76. The maximum atomic E-state index is 12.1. The molecule has 0 N–H and O–H groups in total. The van der Waals surface area contributed by atoms with Gasteiger partial charge in [-0.3, -0.25) is 4.79 Å². The van der Waals surface area contributed by atoms with E-state index in [2.05, 4.69) is 0 Å². The zero-order chi connectivity index (χ0) is 14.0. The second-order valence-electron chi connectivity index (χ2n) is 6.32. The topological polar surface area (TPSA) is 48.0 Å². The molecule has 3 rings (SSSR count). The number of carbonyl (C=O) groups excluding carboxylic acids is 1. The summed E-state index contributed by atoms with van der Waals surface area (Å²) >= 11 is 0. The van der Waals surface area contributed by atoms with Crippen molar-refractivity contribution in [1.29, 1.82) is 0 Å². The molecule has 1 atom stereocenters. The SMILES string of the molecule is COCC1CCOC12CN(C(=O)COC1CCCC1)C2. The Morgan fingerprint density at radius 3 is 2.75 bits per heavy atom. The first kappa shape index (κ1) is 14.3. The van der Waals surface area contributed by atoms with Crippen molar-refractivity contribution in [3.05, 3.63) is 0 Å². The smallest absolute Gasteiger partial charge is 0.248 e. The Balaban J connectivity index is 1.43. The lowest BCUT2D eigenvalue weighted by Gasteiger charge is -2.50. The third kappa shape index (κ3) is 2.71. The van der Waals surface area contributed by atoms with Gasteiger partial charge in [0.15, 0.2) is 0 Å². The highest BCUT2D eigenvalue weighted by Gasteiger charge is 2.54. The monoisotopic (exact) mass is 283 g/mol. The molecular formula is C15H25NO4. The van der Waals surface area contributed by atoms with E-state index in [9.17, 15) is 4.79 Å². The van der Waals surface area contributed by atoms with E-state index in [1.54, 1.807) is 7.11 Å². The summed E-state index contributed by atoms with van der Waals surface area (Å²) in [6, 6.07) is 0. The summed E-state index contributed by atoms with van der Waals surface area (Å²) < 4.78 is 16.8. The van der Waals surface area contributed by atoms with E-state index in [1.165, 1.54) is 12.8 Å². The van der Waals surface area contributed by atoms with E-state index in [1.807, 2.05) is 4.90 Å². The minimum atomic E-state index is -0.140. The third-order valence-corrected chi connectivity index (χ3v) is 4.98. The third-order valence-electron chi connectivity index (χ3n) is 4.98. The minimum absolute atomic E-state index is 0.106. The predicted molar refractivity (Wildman–Crippen MR) is 73.5 cm³/mol. The molecule has 1 amide bonds. The van der Waals surface area contributed by atoms with Gasteiger partial charge in [-0.25, -0.2) is 0 Å². The fourth-order valence-electron chi connectivity index (χ4n) is 3.68. The van der Waals surface area contributed by atoms with E-state index in [-0.39, 0.29) is 18.1 Å². The van der Waals surface area contributed by atoms with Crippen molar-refractivity contribution in [1.82, 2.24) is 4.90 Å². The van der Waals surface area contributed by atoms with Crippen LogP contribution in [0.1, 0.15) is 32.1 Å². The summed E-state index contributed by atoms with van der Waals surface area (Å²) in [5.74, 6) is 0.529. The van der Waals surface area contributed by atoms with Crippen LogP contribution in [0.2, 0.25) is 0 Å². The normalized spacial score (nSPS) is 29.1. The van der Waals surface area contributed by atoms with E-state index in [0.717, 1.165) is 32.5 Å². The Hall–Kier alpha value is -0.650. The molecular weight excluding hydrogens is 258 g/mol. The summed E-state index contributed by atoms with van der Waals surface area (Å²) in [5.41, 5.74) is -0.140. The number of carbonyl (C=O) groups is 1. The summed E-state index contributed by atoms with van der Waals surface area (Å²) in [5, 5.41) is 0. The number of nitrogens with zero attached hydrogens (tertiary/aromatic N) is 1. The molecule has 1 saturated carbocycles. The van der Waals surface area contributed by atoms with Gasteiger partial charge in [0.1, 0.15) is 12.2 Å². The highest BCUT2D eigenvalue weighted by molar-refractivity contribution is 5.78. The largest absolute Gasteiger partial charge is 0.384 e. The van der Waals surface area contributed by atoms with Crippen molar-refractivity contribution in [2.24, 2.45) is 5.92 Å². The molecule has 0 radical (unpaired) electrons. The molecule has 1 spiro atoms. The van der Waals surface area contributed by atoms with E-state index in [0.29, 0.717) is 25.1 Å². The van der Waals surface area contributed by atoms with E-state index >= 15 is 0 Å². The fraction of sp³-hybridized carbons (Fsp3) is 0.933. The van der Waals surface area contributed by atoms with Gasteiger partial charge in [0.2, 0.25) is 5.91 Å². The van der Waals surface area contributed by atoms with Crippen LogP contribution >= 0.6 is 0 Å². The number of methoxy groups -OCH3 is 1. The molecule has 3 aliphatic rings. The predicted octanol–water partition coefficient (Wildman–Crippen LogP) is 1.21. The summed E-state index contributed by atoms with van der Waals surface area (Å²) in [7, 11) is 1.73. The van der Waals surface area contributed by atoms with Crippen LogP contribution in [0, 0.1) is 5.92 Å². The zero-order valence-electron chi connectivity index (χ0n) is 12.3. The minimum Gasteiger partial charge on any atom is -0.384 e. The standard InChI is InChI=1S/C15H25NO4/c1-18-8-12-6-7-20-15(12)10-16(11-15)14(17)9-19-13-4-2-3-5-13/h12-13H,2-11H2,1H3. The number of ether oxygens (including phenoxy) is 3. The van der Waals surface area contributed by atoms with Crippen LogP contribution in [0.4, 0.5) is 0 Å². The van der Waals surface area contributed by atoms with Gasteiger partial charge in [0, 0.05) is 19.6 Å². The fourth-order valence-corrected chi connectivity index (χ4v) is 3.68. The molecule has 1 unspecified atom stereocenters. The molecule has 2 heterocycles. The number of amides is 1. The molecule has 5 heteroatoms. The molecule has 0 aromatic rings. The second kappa shape index (κ2) is 6.00. The van der Waals surface area contributed by atoms with Crippen molar-refractivity contribution in [3.63, 3.8) is 0 Å². The number of rotatable bonds is 5. The lowest BCUT2D eigenvalue weighted by molar-refractivity contribution is -0.173. The first-order valence-electron chi connectivity index (χ1n) is 7.76. The van der Waals surface area contributed by atoms with Gasteiger partial charge in [-0.1, -0.05) is 12.8 Å². The molecule has 3 fully saturated rings.